The zero-order valence-corrected chi connectivity index (χ0v) is 21.9. The molecule has 3 aromatic rings. The van der Waals surface area contributed by atoms with E-state index in [-0.39, 0.29) is 33.8 Å². The van der Waals surface area contributed by atoms with Gasteiger partial charge in [-0.2, -0.15) is 0 Å². The Labute approximate surface area is 236 Å². The summed E-state index contributed by atoms with van der Waals surface area (Å²) in [4.78, 5) is 12.7. The van der Waals surface area contributed by atoms with Crippen LogP contribution in [0.2, 0.25) is 0 Å². The van der Waals surface area contributed by atoms with E-state index in [1.54, 1.807) is 0 Å². The van der Waals surface area contributed by atoms with Gasteiger partial charge < -0.3 is 69.3 Å². The maximum Gasteiger partial charge on any atom is 0.229 e. The summed E-state index contributed by atoms with van der Waals surface area (Å²) in [5.74, 6) is -1.56. The van der Waals surface area contributed by atoms with Crippen molar-refractivity contribution in [3.8, 4) is 34.3 Å². The summed E-state index contributed by atoms with van der Waals surface area (Å²) in [6.07, 6.45) is -15.1. The van der Waals surface area contributed by atoms with Crippen LogP contribution in [0.4, 0.5) is 0 Å². The van der Waals surface area contributed by atoms with E-state index >= 15 is 0 Å². The molecular weight excluding hydrogens is 564 g/mol. The zero-order valence-electron chi connectivity index (χ0n) is 21.9. The molecule has 2 aliphatic heterocycles. The fourth-order valence-electron chi connectivity index (χ4n) is 4.76. The number of benzene rings is 2. The number of phenolic OH excluding ortho intramolecular Hbond substituents is 3. The summed E-state index contributed by atoms with van der Waals surface area (Å²) in [5, 5.41) is 91.0. The molecule has 2 aliphatic rings. The summed E-state index contributed by atoms with van der Waals surface area (Å²) in [5.41, 5.74) is -0.541. The highest BCUT2D eigenvalue weighted by atomic mass is 16.7. The molecule has 0 bridgehead atoms. The lowest BCUT2D eigenvalue weighted by Crippen LogP contribution is -2.61. The molecule has 15 heteroatoms. The summed E-state index contributed by atoms with van der Waals surface area (Å²) in [6, 6.07) is 7.09. The third kappa shape index (κ3) is 5.61. The molecule has 15 nitrogen and oxygen atoms in total. The minimum absolute atomic E-state index is 0.0110. The number of hydrogen-bond donors (Lipinski definition) is 9. The van der Waals surface area contributed by atoms with Crippen molar-refractivity contribution in [2.75, 3.05) is 6.61 Å². The molecule has 10 atom stereocenters. The van der Waals surface area contributed by atoms with Crippen LogP contribution in [-0.4, -0.2) is 114 Å². The van der Waals surface area contributed by atoms with Crippen molar-refractivity contribution in [3.63, 3.8) is 0 Å². The molecule has 3 heterocycles. The van der Waals surface area contributed by atoms with Gasteiger partial charge in [0.1, 0.15) is 71.0 Å². The summed E-state index contributed by atoms with van der Waals surface area (Å²) >= 11 is 0. The van der Waals surface area contributed by atoms with E-state index in [0.717, 1.165) is 12.1 Å². The number of hydrogen-bond acceptors (Lipinski definition) is 15. The van der Waals surface area contributed by atoms with E-state index in [0.29, 0.717) is 0 Å². The fourth-order valence-corrected chi connectivity index (χ4v) is 4.76. The second-order valence-corrected chi connectivity index (χ2v) is 10.1. The van der Waals surface area contributed by atoms with E-state index in [1.807, 2.05) is 0 Å². The number of aliphatic hydroxyl groups is 6. The van der Waals surface area contributed by atoms with Crippen LogP contribution in [0.25, 0.3) is 22.3 Å². The largest absolute Gasteiger partial charge is 0.507 e. The lowest BCUT2D eigenvalue weighted by atomic mass is 9.98. The normalized spacial score (nSPS) is 33.5. The Hall–Kier alpha value is -3.51. The van der Waals surface area contributed by atoms with E-state index < -0.39 is 84.9 Å². The summed E-state index contributed by atoms with van der Waals surface area (Å²) < 4.78 is 27.8. The molecule has 0 saturated carbocycles. The van der Waals surface area contributed by atoms with Gasteiger partial charge in [0.15, 0.2) is 23.2 Å². The molecule has 5 rings (SSSR count). The molecular formula is C27H30O15. The van der Waals surface area contributed by atoms with E-state index in [9.17, 15) is 50.8 Å². The monoisotopic (exact) mass is 594 g/mol. The molecule has 0 radical (unpaired) electrons. The molecule has 2 saturated heterocycles. The Morgan fingerprint density at radius 2 is 1.43 bits per heavy atom. The van der Waals surface area contributed by atoms with Gasteiger partial charge in [0.2, 0.25) is 6.29 Å². The van der Waals surface area contributed by atoms with Gasteiger partial charge in [-0.25, -0.2) is 0 Å². The van der Waals surface area contributed by atoms with Gasteiger partial charge in [-0.05, 0) is 25.1 Å². The van der Waals surface area contributed by atoms with Gasteiger partial charge in [-0.1, -0.05) is 0 Å². The van der Waals surface area contributed by atoms with Crippen LogP contribution in [0.1, 0.15) is 6.92 Å². The summed E-state index contributed by atoms with van der Waals surface area (Å²) in [6.45, 7) is 0.938. The molecule has 2 aromatic carbocycles. The van der Waals surface area contributed by atoms with E-state index in [1.165, 1.54) is 31.2 Å². The van der Waals surface area contributed by atoms with E-state index in [2.05, 4.69) is 0 Å². The Kier molecular flexibility index (Phi) is 8.30. The molecule has 228 valence electrons. The Morgan fingerprint density at radius 1 is 0.738 bits per heavy atom. The molecule has 2 fully saturated rings. The van der Waals surface area contributed by atoms with Crippen LogP contribution in [0.15, 0.2) is 45.6 Å². The van der Waals surface area contributed by atoms with E-state index in [4.69, 9.17) is 23.4 Å². The average molecular weight is 595 g/mol. The zero-order chi connectivity index (χ0) is 30.5. The minimum Gasteiger partial charge on any atom is -0.507 e. The number of aromatic hydroxyl groups is 3. The van der Waals surface area contributed by atoms with Crippen LogP contribution >= 0.6 is 0 Å². The average Bonchev–Trinajstić information content (AvgIpc) is 2.95. The van der Waals surface area contributed by atoms with Gasteiger partial charge in [0, 0.05) is 23.8 Å². The third-order valence-corrected chi connectivity index (χ3v) is 7.20. The molecule has 1 aromatic heterocycles. The number of phenols is 3. The maximum atomic E-state index is 12.7. The van der Waals surface area contributed by atoms with Crippen LogP contribution in [-0.2, 0) is 14.2 Å². The van der Waals surface area contributed by atoms with Crippen LogP contribution in [0.3, 0.4) is 0 Å². The highest BCUT2D eigenvalue weighted by Gasteiger charge is 2.47. The molecule has 42 heavy (non-hydrogen) atoms. The van der Waals surface area contributed by atoms with Crippen molar-refractivity contribution in [2.45, 2.75) is 68.3 Å². The quantitative estimate of drug-likeness (QED) is 0.149. The second kappa shape index (κ2) is 11.6. The van der Waals surface area contributed by atoms with Gasteiger partial charge in [-0.3, -0.25) is 4.79 Å². The Morgan fingerprint density at radius 3 is 2.14 bits per heavy atom. The third-order valence-electron chi connectivity index (χ3n) is 7.20. The highest BCUT2D eigenvalue weighted by Crippen LogP contribution is 2.35. The SMILES string of the molecule is C[C@@H]1O[C@H](OC[C@H]2O[C@@H](Oc3cc(O)c4c(=O)cc(-c5ccc(O)c(O)c5)oc4c3)[C@H](O)[C@@H](O)[C@@H]2O)[C@H](O)[C@H](O)[C@H]1O. The molecule has 9 N–H and O–H groups in total. The summed E-state index contributed by atoms with van der Waals surface area (Å²) in [7, 11) is 0. The number of aliphatic hydroxyl groups excluding tert-OH is 6. The first-order valence-electron chi connectivity index (χ1n) is 12.9. The fraction of sp³-hybridized carbons (Fsp3) is 0.444. The first-order chi connectivity index (χ1) is 19.8. The molecule has 0 spiro atoms. The first-order valence-corrected chi connectivity index (χ1v) is 12.9. The predicted octanol–water partition coefficient (Wildman–Crippen LogP) is -1.39. The standard InChI is InChI=1S/C27H30O15/c1-9-20(32)22(34)24(36)26(39-9)38-8-18-21(33)23(35)25(37)27(42-18)40-11-5-14(30)19-15(31)7-16(41-17(19)6-11)10-2-3-12(28)13(29)4-10/h2-7,9,18,20-30,32-37H,8H2,1H3/t9-,18+,20-,21+,22+,23-,24+,25+,26-,27+/m0/s1. The highest BCUT2D eigenvalue weighted by molar-refractivity contribution is 5.86. The van der Waals surface area contributed by atoms with Gasteiger partial charge >= 0.3 is 0 Å². The topological polar surface area (TPSA) is 249 Å². The van der Waals surface area contributed by atoms with Crippen molar-refractivity contribution in [3.05, 3.63) is 46.6 Å². The van der Waals surface area contributed by atoms with Crippen molar-refractivity contribution < 1.29 is 69.3 Å². The maximum absolute atomic E-state index is 12.7. The molecule has 0 unspecified atom stereocenters. The van der Waals surface area contributed by atoms with Gasteiger partial charge in [0.25, 0.3) is 0 Å². The molecule has 0 aliphatic carbocycles. The van der Waals surface area contributed by atoms with Gasteiger partial charge in [0.05, 0.1) is 12.7 Å². The number of fused-ring (bicyclic) bond motifs is 1. The minimum atomic E-state index is -1.79. The van der Waals surface area contributed by atoms with Gasteiger partial charge in [-0.15, -0.1) is 0 Å². The smallest absolute Gasteiger partial charge is 0.229 e. The van der Waals surface area contributed by atoms with Crippen LogP contribution in [0, 0.1) is 0 Å². The Balaban J connectivity index is 1.36. The lowest BCUT2D eigenvalue weighted by molar-refractivity contribution is -0.318. The van der Waals surface area contributed by atoms with Crippen molar-refractivity contribution in [1.82, 2.24) is 0 Å². The lowest BCUT2D eigenvalue weighted by Gasteiger charge is -2.42. The van der Waals surface area contributed by atoms with Crippen LogP contribution in [0.5, 0.6) is 23.0 Å². The van der Waals surface area contributed by atoms with Crippen molar-refractivity contribution >= 4 is 11.0 Å². The Bertz CT molecular complexity index is 1490. The van der Waals surface area contributed by atoms with Crippen molar-refractivity contribution in [2.24, 2.45) is 0 Å². The number of rotatable bonds is 6. The second-order valence-electron chi connectivity index (χ2n) is 10.1. The number of ether oxygens (including phenoxy) is 4. The van der Waals surface area contributed by atoms with Crippen LogP contribution < -0.4 is 10.2 Å². The van der Waals surface area contributed by atoms with Crippen molar-refractivity contribution in [1.29, 1.82) is 0 Å². The first kappa shape index (κ1) is 30.0. The predicted molar refractivity (Wildman–Crippen MR) is 139 cm³/mol. The molecule has 0 amide bonds.